The van der Waals surface area contributed by atoms with Crippen molar-refractivity contribution in [3.05, 3.63) is 23.9 Å². The molecule has 1 aromatic heterocycles. The molecule has 2 saturated heterocycles. The Morgan fingerprint density at radius 3 is 2.82 bits per heavy atom. The molecule has 6 nitrogen and oxygen atoms in total. The van der Waals surface area contributed by atoms with E-state index in [1.165, 1.54) is 0 Å². The summed E-state index contributed by atoms with van der Waals surface area (Å²) in [7, 11) is 0. The fraction of sp³-hybridized carbons (Fsp3) is 0.562. The Kier molecular flexibility index (Phi) is 3.87. The molecular weight excluding hydrogens is 280 g/mol. The second-order valence-corrected chi connectivity index (χ2v) is 6.36. The molecule has 6 heteroatoms. The molecule has 3 heterocycles. The van der Waals surface area contributed by atoms with Crippen LogP contribution in [0.2, 0.25) is 0 Å². The molecule has 2 amide bonds. The third-order valence-corrected chi connectivity index (χ3v) is 4.79. The van der Waals surface area contributed by atoms with Gasteiger partial charge in [0.15, 0.2) is 0 Å². The number of anilines is 1. The van der Waals surface area contributed by atoms with Gasteiger partial charge in [-0.2, -0.15) is 0 Å². The molecule has 2 aliphatic rings. The molecule has 2 N–H and O–H groups in total. The van der Waals surface area contributed by atoms with Crippen LogP contribution in [0, 0.1) is 0 Å². The SMILES string of the molecule is C[C@H]1CNCCN1c1ccc(C2(C)CCC(=O)NC2=O)cn1. The molecule has 0 aromatic carbocycles. The van der Waals surface area contributed by atoms with Crippen molar-refractivity contribution < 1.29 is 9.59 Å². The molecule has 0 bridgehead atoms. The molecule has 3 rings (SSSR count). The summed E-state index contributed by atoms with van der Waals surface area (Å²) in [6, 6.07) is 4.34. The monoisotopic (exact) mass is 302 g/mol. The topological polar surface area (TPSA) is 74.3 Å². The molecule has 0 saturated carbocycles. The maximum atomic E-state index is 12.2. The molecule has 22 heavy (non-hydrogen) atoms. The minimum Gasteiger partial charge on any atom is -0.351 e. The van der Waals surface area contributed by atoms with E-state index in [1.807, 2.05) is 19.1 Å². The standard InChI is InChI=1S/C16H22N4O2/c1-11-9-17-7-8-20(11)13-4-3-12(10-18-13)16(2)6-5-14(21)19-15(16)22/h3-4,10-11,17H,5-9H2,1-2H3,(H,19,21,22)/t11-,16?/m0/s1. The number of pyridine rings is 1. The molecule has 2 atom stereocenters. The van der Waals surface area contributed by atoms with Gasteiger partial charge in [-0.3, -0.25) is 14.9 Å². The van der Waals surface area contributed by atoms with Crippen molar-refractivity contribution in [1.82, 2.24) is 15.6 Å². The van der Waals surface area contributed by atoms with Gasteiger partial charge in [0, 0.05) is 38.3 Å². The normalized spacial score (nSPS) is 29.4. The maximum absolute atomic E-state index is 12.2. The Morgan fingerprint density at radius 1 is 1.36 bits per heavy atom. The zero-order valence-corrected chi connectivity index (χ0v) is 13.1. The molecule has 118 valence electrons. The molecule has 0 aliphatic carbocycles. The summed E-state index contributed by atoms with van der Waals surface area (Å²) in [4.78, 5) is 30.3. The van der Waals surface area contributed by atoms with Gasteiger partial charge in [-0.15, -0.1) is 0 Å². The first-order valence-electron chi connectivity index (χ1n) is 7.79. The van der Waals surface area contributed by atoms with Gasteiger partial charge in [0.2, 0.25) is 11.8 Å². The van der Waals surface area contributed by atoms with Crippen molar-refractivity contribution >= 4 is 17.6 Å². The number of hydrogen-bond donors (Lipinski definition) is 2. The van der Waals surface area contributed by atoms with Crippen LogP contribution in [0.25, 0.3) is 0 Å². The second kappa shape index (κ2) is 5.68. The molecular formula is C16H22N4O2. The summed E-state index contributed by atoms with van der Waals surface area (Å²) in [6.07, 6.45) is 2.68. The van der Waals surface area contributed by atoms with Crippen molar-refractivity contribution in [3.8, 4) is 0 Å². The number of rotatable bonds is 2. The van der Waals surface area contributed by atoms with E-state index in [-0.39, 0.29) is 11.8 Å². The van der Waals surface area contributed by atoms with E-state index in [2.05, 4.69) is 27.4 Å². The van der Waals surface area contributed by atoms with Crippen LogP contribution < -0.4 is 15.5 Å². The zero-order chi connectivity index (χ0) is 15.7. The van der Waals surface area contributed by atoms with E-state index in [1.54, 1.807) is 6.20 Å². The second-order valence-electron chi connectivity index (χ2n) is 6.36. The van der Waals surface area contributed by atoms with Crippen LogP contribution in [-0.2, 0) is 15.0 Å². The summed E-state index contributed by atoms with van der Waals surface area (Å²) < 4.78 is 0. The van der Waals surface area contributed by atoms with Gasteiger partial charge < -0.3 is 10.2 Å². The highest BCUT2D eigenvalue weighted by Crippen LogP contribution is 2.32. The number of aromatic nitrogens is 1. The smallest absolute Gasteiger partial charge is 0.236 e. The summed E-state index contributed by atoms with van der Waals surface area (Å²) in [5, 5.41) is 5.79. The van der Waals surface area contributed by atoms with Crippen molar-refractivity contribution in [1.29, 1.82) is 0 Å². The van der Waals surface area contributed by atoms with Crippen LogP contribution in [0.3, 0.4) is 0 Å². The number of carbonyl (C=O) groups is 2. The van der Waals surface area contributed by atoms with Crippen LogP contribution in [0.1, 0.15) is 32.3 Å². The first-order chi connectivity index (χ1) is 10.5. The minimum absolute atomic E-state index is 0.193. The highest BCUT2D eigenvalue weighted by Gasteiger charge is 2.40. The Bertz CT molecular complexity index is 586. The first-order valence-corrected chi connectivity index (χ1v) is 7.79. The maximum Gasteiger partial charge on any atom is 0.236 e. The fourth-order valence-corrected chi connectivity index (χ4v) is 3.14. The lowest BCUT2D eigenvalue weighted by atomic mass is 9.76. The van der Waals surface area contributed by atoms with Crippen LogP contribution in [0.5, 0.6) is 0 Å². The number of carbonyl (C=O) groups excluding carboxylic acids is 2. The van der Waals surface area contributed by atoms with Gasteiger partial charge in [-0.25, -0.2) is 4.98 Å². The van der Waals surface area contributed by atoms with E-state index in [0.717, 1.165) is 31.0 Å². The molecule has 0 radical (unpaired) electrons. The largest absolute Gasteiger partial charge is 0.351 e. The third-order valence-electron chi connectivity index (χ3n) is 4.79. The van der Waals surface area contributed by atoms with Gasteiger partial charge in [0.25, 0.3) is 0 Å². The predicted octanol–water partition coefficient (Wildman–Crippen LogP) is 0.574. The van der Waals surface area contributed by atoms with Gasteiger partial charge >= 0.3 is 0 Å². The van der Waals surface area contributed by atoms with E-state index >= 15 is 0 Å². The number of nitrogens with zero attached hydrogens (tertiary/aromatic N) is 2. The third kappa shape index (κ3) is 2.59. The number of piperidine rings is 1. The van der Waals surface area contributed by atoms with Crippen LogP contribution in [-0.4, -0.2) is 42.5 Å². The minimum atomic E-state index is -0.672. The molecule has 1 aromatic rings. The molecule has 2 aliphatic heterocycles. The van der Waals surface area contributed by atoms with E-state index in [0.29, 0.717) is 18.9 Å². The Morgan fingerprint density at radius 2 is 2.18 bits per heavy atom. The van der Waals surface area contributed by atoms with E-state index in [9.17, 15) is 9.59 Å². The Balaban J connectivity index is 1.82. The van der Waals surface area contributed by atoms with Crippen molar-refractivity contribution in [2.75, 3.05) is 24.5 Å². The fourth-order valence-electron chi connectivity index (χ4n) is 3.14. The molecule has 1 unspecified atom stereocenters. The summed E-state index contributed by atoms with van der Waals surface area (Å²) >= 11 is 0. The highest BCUT2D eigenvalue weighted by molar-refractivity contribution is 6.03. The van der Waals surface area contributed by atoms with Crippen molar-refractivity contribution in [2.45, 2.75) is 38.1 Å². The number of amides is 2. The van der Waals surface area contributed by atoms with Crippen molar-refractivity contribution in [2.24, 2.45) is 0 Å². The van der Waals surface area contributed by atoms with Crippen LogP contribution in [0.15, 0.2) is 18.3 Å². The van der Waals surface area contributed by atoms with E-state index in [4.69, 9.17) is 0 Å². The summed E-state index contributed by atoms with van der Waals surface area (Å²) in [5.74, 6) is 0.518. The zero-order valence-electron chi connectivity index (χ0n) is 13.1. The molecule has 2 fully saturated rings. The van der Waals surface area contributed by atoms with Gasteiger partial charge in [0.05, 0.1) is 5.41 Å². The number of hydrogen-bond acceptors (Lipinski definition) is 5. The predicted molar refractivity (Wildman–Crippen MR) is 83.7 cm³/mol. The lowest BCUT2D eigenvalue weighted by molar-refractivity contribution is -0.137. The summed E-state index contributed by atoms with van der Waals surface area (Å²) in [6.45, 7) is 6.88. The van der Waals surface area contributed by atoms with Crippen LogP contribution in [0.4, 0.5) is 5.82 Å². The molecule has 0 spiro atoms. The van der Waals surface area contributed by atoms with Gasteiger partial charge in [-0.05, 0) is 31.9 Å². The lowest BCUT2D eigenvalue weighted by Crippen LogP contribution is -2.50. The number of nitrogens with one attached hydrogen (secondary N) is 2. The Labute approximate surface area is 130 Å². The lowest BCUT2D eigenvalue weighted by Gasteiger charge is -2.36. The summed E-state index contributed by atoms with van der Waals surface area (Å²) in [5.41, 5.74) is 0.193. The number of imide groups is 1. The highest BCUT2D eigenvalue weighted by atomic mass is 16.2. The van der Waals surface area contributed by atoms with Gasteiger partial charge in [0.1, 0.15) is 5.82 Å². The average Bonchev–Trinajstić information content (AvgIpc) is 2.52. The number of piperazine rings is 1. The first kappa shape index (κ1) is 15.0. The van der Waals surface area contributed by atoms with Gasteiger partial charge in [-0.1, -0.05) is 6.07 Å². The average molecular weight is 302 g/mol. The van der Waals surface area contributed by atoms with E-state index < -0.39 is 5.41 Å². The van der Waals surface area contributed by atoms with Crippen LogP contribution >= 0.6 is 0 Å². The Hall–Kier alpha value is -1.95. The quantitative estimate of drug-likeness (QED) is 0.782. The van der Waals surface area contributed by atoms with Crippen molar-refractivity contribution in [3.63, 3.8) is 0 Å².